The van der Waals surface area contributed by atoms with Crippen LogP contribution >= 0.6 is 0 Å². The van der Waals surface area contributed by atoms with E-state index in [2.05, 4.69) is 0 Å². The van der Waals surface area contributed by atoms with Crippen LogP contribution in [0.1, 0.15) is 12.0 Å². The van der Waals surface area contributed by atoms with Gasteiger partial charge >= 0.3 is 0 Å². The summed E-state index contributed by atoms with van der Waals surface area (Å²) in [7, 11) is 0. The van der Waals surface area contributed by atoms with Crippen LogP contribution in [0.5, 0.6) is 0 Å². The molecule has 0 fully saturated rings. The second-order valence-corrected chi connectivity index (χ2v) is 3.08. The highest BCUT2D eigenvalue weighted by Gasteiger charge is 2.13. The van der Waals surface area contributed by atoms with E-state index in [1.54, 1.807) is 6.07 Å². The Morgan fingerprint density at radius 1 is 1.20 bits per heavy atom. The van der Waals surface area contributed by atoms with Crippen LogP contribution in [0.4, 0.5) is 13.2 Å². The van der Waals surface area contributed by atoms with Crippen LogP contribution in [0, 0.1) is 28.8 Å². The maximum Gasteiger partial charge on any atom is 0.161 e. The van der Waals surface area contributed by atoms with Crippen molar-refractivity contribution in [2.24, 2.45) is 0 Å². The van der Waals surface area contributed by atoms with Crippen molar-refractivity contribution in [2.75, 3.05) is 0 Å². The molecule has 0 amide bonds. The summed E-state index contributed by atoms with van der Waals surface area (Å²) in [5, 5.41) is 17.4. The highest BCUT2D eigenvalue weighted by Crippen LogP contribution is 2.15. The average Bonchev–Trinajstić information content (AvgIpc) is 2.14. The number of hydrogen-bond acceptors (Lipinski definition) is 2. The number of halogens is 3. The van der Waals surface area contributed by atoms with Crippen LogP contribution in [0.2, 0.25) is 0 Å². The first-order valence-electron chi connectivity index (χ1n) is 4.23. The minimum atomic E-state index is -1.27. The molecule has 80 valence electrons. The molecule has 0 heterocycles. The topological polar surface area (TPSA) is 44.0 Å². The summed E-state index contributed by atoms with van der Waals surface area (Å²) in [6, 6.07) is 2.80. The van der Waals surface area contributed by atoms with E-state index in [0.717, 1.165) is 0 Å². The lowest BCUT2D eigenvalue weighted by molar-refractivity contribution is 0.178. The fourth-order valence-electron chi connectivity index (χ4n) is 1.15. The van der Waals surface area contributed by atoms with E-state index in [0.29, 0.717) is 12.1 Å². The molecule has 0 aliphatic heterocycles. The van der Waals surface area contributed by atoms with Crippen LogP contribution in [0.25, 0.3) is 0 Å². The van der Waals surface area contributed by atoms with Crippen LogP contribution in [0.3, 0.4) is 0 Å². The first kappa shape index (κ1) is 11.5. The molecule has 0 aliphatic rings. The first-order valence-corrected chi connectivity index (χ1v) is 4.23. The van der Waals surface area contributed by atoms with Crippen molar-refractivity contribution in [3.63, 3.8) is 0 Å². The van der Waals surface area contributed by atoms with Gasteiger partial charge in [0.15, 0.2) is 11.6 Å². The van der Waals surface area contributed by atoms with E-state index >= 15 is 0 Å². The molecule has 0 bridgehead atoms. The van der Waals surface area contributed by atoms with E-state index in [4.69, 9.17) is 5.26 Å². The lowest BCUT2D eigenvalue weighted by atomic mass is 10.1. The van der Waals surface area contributed by atoms with Gasteiger partial charge in [-0.2, -0.15) is 5.26 Å². The van der Waals surface area contributed by atoms with Crippen LogP contribution < -0.4 is 0 Å². The van der Waals surface area contributed by atoms with Gasteiger partial charge in [0, 0.05) is 12.5 Å². The zero-order chi connectivity index (χ0) is 11.4. The smallest absolute Gasteiger partial charge is 0.161 e. The Morgan fingerprint density at radius 3 is 2.40 bits per heavy atom. The molecule has 1 aromatic carbocycles. The summed E-state index contributed by atoms with van der Waals surface area (Å²) in [6.07, 6.45) is -1.47. The van der Waals surface area contributed by atoms with Crippen molar-refractivity contribution in [2.45, 2.75) is 18.9 Å². The number of aliphatic hydroxyl groups is 1. The van der Waals surface area contributed by atoms with Gasteiger partial charge in [-0.05, 0) is 11.6 Å². The van der Waals surface area contributed by atoms with Gasteiger partial charge in [0.2, 0.25) is 0 Å². The van der Waals surface area contributed by atoms with E-state index in [1.807, 2.05) is 0 Å². The van der Waals surface area contributed by atoms with Gasteiger partial charge in [0.25, 0.3) is 0 Å². The van der Waals surface area contributed by atoms with Gasteiger partial charge in [0.1, 0.15) is 5.82 Å². The lowest BCUT2D eigenvalue weighted by Gasteiger charge is -2.07. The van der Waals surface area contributed by atoms with Crippen molar-refractivity contribution < 1.29 is 18.3 Å². The third-order valence-electron chi connectivity index (χ3n) is 1.87. The molecule has 0 unspecified atom stereocenters. The summed E-state index contributed by atoms with van der Waals surface area (Å²) >= 11 is 0. The fourth-order valence-corrected chi connectivity index (χ4v) is 1.15. The first-order chi connectivity index (χ1) is 7.04. The largest absolute Gasteiger partial charge is 0.392 e. The fraction of sp³-hybridized carbons (Fsp3) is 0.300. The SMILES string of the molecule is N#CC[C@@H](O)Cc1cc(F)c(F)cc1F. The maximum absolute atomic E-state index is 13.0. The van der Waals surface area contributed by atoms with Crippen LogP contribution in [-0.2, 0) is 6.42 Å². The zero-order valence-corrected chi connectivity index (χ0v) is 7.67. The quantitative estimate of drug-likeness (QED) is 0.783. The molecule has 0 radical (unpaired) electrons. The predicted octanol–water partition coefficient (Wildman–Crippen LogP) is 1.92. The minimum absolute atomic E-state index is 0.142. The molecule has 1 N–H and O–H groups in total. The number of aliphatic hydroxyl groups excluding tert-OH is 1. The van der Waals surface area contributed by atoms with Crippen molar-refractivity contribution in [3.05, 3.63) is 35.1 Å². The molecule has 15 heavy (non-hydrogen) atoms. The molecule has 5 heteroatoms. The Balaban J connectivity index is 2.87. The van der Waals surface area contributed by atoms with Gasteiger partial charge in [-0.25, -0.2) is 13.2 Å². The maximum atomic E-state index is 13.0. The summed E-state index contributed by atoms with van der Waals surface area (Å²) in [4.78, 5) is 0. The Kier molecular flexibility index (Phi) is 3.69. The highest BCUT2D eigenvalue weighted by atomic mass is 19.2. The van der Waals surface area contributed by atoms with Gasteiger partial charge < -0.3 is 5.11 Å². The molecule has 0 aromatic heterocycles. The number of hydrogen-bond donors (Lipinski definition) is 1. The number of nitrogens with zero attached hydrogens (tertiary/aromatic N) is 1. The molecule has 0 spiro atoms. The van der Waals surface area contributed by atoms with Gasteiger partial charge in [-0.15, -0.1) is 0 Å². The monoisotopic (exact) mass is 215 g/mol. The second kappa shape index (κ2) is 4.80. The molecule has 0 saturated carbocycles. The molecular weight excluding hydrogens is 207 g/mol. The summed E-state index contributed by atoms with van der Waals surface area (Å²) in [6.45, 7) is 0. The van der Waals surface area contributed by atoms with Crippen molar-refractivity contribution >= 4 is 0 Å². The summed E-state index contributed by atoms with van der Waals surface area (Å²) in [5.74, 6) is -3.37. The highest BCUT2D eigenvalue weighted by molar-refractivity contribution is 5.20. The standard InChI is InChI=1S/C10H8F3NO/c11-8-5-10(13)9(12)4-6(8)3-7(15)1-2-14/h4-5,7,15H,1,3H2/t7-/m1/s1. The van der Waals surface area contributed by atoms with Crippen LogP contribution in [0.15, 0.2) is 12.1 Å². The molecule has 1 rings (SSSR count). The second-order valence-electron chi connectivity index (χ2n) is 3.08. The minimum Gasteiger partial charge on any atom is -0.392 e. The number of rotatable bonds is 3. The molecular formula is C10H8F3NO. The Labute approximate surface area is 84.6 Å². The van der Waals surface area contributed by atoms with Gasteiger partial charge in [-0.3, -0.25) is 0 Å². The van der Waals surface area contributed by atoms with Crippen molar-refractivity contribution in [1.82, 2.24) is 0 Å². The predicted molar refractivity (Wildman–Crippen MR) is 46.3 cm³/mol. The molecule has 2 nitrogen and oxygen atoms in total. The Bertz CT molecular complexity index is 400. The zero-order valence-electron chi connectivity index (χ0n) is 7.67. The summed E-state index contributed by atoms with van der Waals surface area (Å²) < 4.78 is 38.3. The number of benzene rings is 1. The average molecular weight is 215 g/mol. The van der Waals surface area contributed by atoms with Gasteiger partial charge in [0.05, 0.1) is 18.6 Å². The van der Waals surface area contributed by atoms with Crippen molar-refractivity contribution in [1.29, 1.82) is 5.26 Å². The van der Waals surface area contributed by atoms with E-state index in [9.17, 15) is 18.3 Å². The molecule has 0 aliphatic carbocycles. The van der Waals surface area contributed by atoms with E-state index in [1.165, 1.54) is 0 Å². The third-order valence-corrected chi connectivity index (χ3v) is 1.87. The van der Waals surface area contributed by atoms with E-state index in [-0.39, 0.29) is 18.4 Å². The molecule has 1 aromatic rings. The lowest BCUT2D eigenvalue weighted by Crippen LogP contribution is -2.11. The Hall–Kier alpha value is -1.54. The normalized spacial score (nSPS) is 12.2. The summed E-state index contributed by atoms with van der Waals surface area (Å²) in [5.41, 5.74) is -0.142. The van der Waals surface area contributed by atoms with Gasteiger partial charge in [-0.1, -0.05) is 0 Å². The van der Waals surface area contributed by atoms with Crippen molar-refractivity contribution in [3.8, 4) is 6.07 Å². The number of nitriles is 1. The third kappa shape index (κ3) is 2.96. The molecule has 0 saturated heterocycles. The van der Waals surface area contributed by atoms with Crippen LogP contribution in [-0.4, -0.2) is 11.2 Å². The molecule has 1 atom stereocenters. The Morgan fingerprint density at radius 2 is 1.80 bits per heavy atom. The van der Waals surface area contributed by atoms with E-state index < -0.39 is 23.6 Å².